The van der Waals surface area contributed by atoms with Crippen molar-refractivity contribution in [2.24, 2.45) is 7.05 Å². The van der Waals surface area contributed by atoms with E-state index in [1.165, 1.54) is 44.7 Å². The van der Waals surface area contributed by atoms with Gasteiger partial charge in [0.15, 0.2) is 6.20 Å². The average molecular weight is 381 g/mol. The predicted octanol–water partition coefficient (Wildman–Crippen LogP) is 5.57. The number of benzene rings is 3. The number of hydrogen-bond acceptors (Lipinski definition) is 2. The number of pyridine rings is 1. The van der Waals surface area contributed by atoms with Crippen LogP contribution in [0.2, 0.25) is 0 Å². The molecule has 3 nitrogen and oxygen atoms in total. The maximum Gasteiger partial charge on any atom is 0.213 e. The van der Waals surface area contributed by atoms with E-state index in [9.17, 15) is 0 Å². The van der Waals surface area contributed by atoms with Gasteiger partial charge in [-0.15, -0.1) is 0 Å². The van der Waals surface area contributed by atoms with Crippen LogP contribution >= 0.6 is 0 Å². The third-order valence-corrected chi connectivity index (χ3v) is 6.30. The Labute approximate surface area is 172 Å². The molecule has 1 aliphatic rings. The molecule has 0 unspecified atom stereocenters. The van der Waals surface area contributed by atoms with Crippen LogP contribution in [0.4, 0.5) is 17.1 Å². The minimum atomic E-state index is 0.270. The molecule has 0 bridgehead atoms. The molecule has 144 valence electrons. The van der Waals surface area contributed by atoms with Gasteiger partial charge < -0.3 is 9.80 Å². The molecular formula is C26H26N3+. The predicted molar refractivity (Wildman–Crippen MR) is 122 cm³/mol. The van der Waals surface area contributed by atoms with E-state index in [1.807, 2.05) is 0 Å². The van der Waals surface area contributed by atoms with E-state index in [-0.39, 0.29) is 6.17 Å². The number of nitrogens with zero attached hydrogens (tertiary/aromatic N) is 3. The zero-order valence-electron chi connectivity index (χ0n) is 17.4. The summed E-state index contributed by atoms with van der Waals surface area (Å²) in [6, 6.07) is 26.2. The molecule has 0 radical (unpaired) electrons. The fourth-order valence-electron chi connectivity index (χ4n) is 4.59. The highest BCUT2D eigenvalue weighted by Crippen LogP contribution is 2.45. The number of fused-ring (bicyclic) bond motifs is 2. The lowest BCUT2D eigenvalue weighted by Gasteiger charge is -2.29. The molecule has 1 aliphatic heterocycles. The van der Waals surface area contributed by atoms with Crippen LogP contribution in [-0.2, 0) is 7.05 Å². The molecule has 0 aliphatic carbocycles. The highest BCUT2D eigenvalue weighted by Gasteiger charge is 2.32. The normalized spacial score (nSPS) is 15.8. The van der Waals surface area contributed by atoms with Gasteiger partial charge in [0, 0.05) is 24.2 Å². The lowest BCUT2D eigenvalue weighted by atomic mass is 10.00. The largest absolute Gasteiger partial charge is 0.353 e. The van der Waals surface area contributed by atoms with Gasteiger partial charge in [0.05, 0.1) is 16.9 Å². The topological polar surface area (TPSA) is 10.4 Å². The number of aryl methyl sites for hydroxylation is 1. The number of anilines is 3. The van der Waals surface area contributed by atoms with Gasteiger partial charge in [0.25, 0.3) is 0 Å². The molecule has 1 aromatic heterocycles. The molecule has 2 heterocycles. The molecule has 5 rings (SSSR count). The van der Waals surface area contributed by atoms with E-state index in [0.717, 1.165) is 0 Å². The van der Waals surface area contributed by atoms with Crippen LogP contribution in [0.5, 0.6) is 0 Å². The highest BCUT2D eigenvalue weighted by atomic mass is 15.4. The lowest BCUT2D eigenvalue weighted by Crippen LogP contribution is -2.36. The SMILES string of the molecule is Cc1c(-c2cc3ccccc3c[n+]2C)cccc1N1c2ccccc2N(C)[C@@H]1C. The first-order valence-corrected chi connectivity index (χ1v) is 10.2. The standard InChI is InChI=1S/C26H26N3/c1-18-22(26-16-20-10-5-6-11-21(20)17-27(26)3)12-9-15-23(18)29-19(2)28(4)24-13-7-8-14-25(24)29/h5-17,19H,1-4H3/q+1/t19-/m0/s1. The summed E-state index contributed by atoms with van der Waals surface area (Å²) in [4.78, 5) is 4.80. The Kier molecular flexibility index (Phi) is 4.06. The van der Waals surface area contributed by atoms with Crippen molar-refractivity contribution in [3.63, 3.8) is 0 Å². The average Bonchev–Trinajstić information content (AvgIpc) is 2.99. The minimum absolute atomic E-state index is 0.270. The second kappa shape index (κ2) is 6.63. The summed E-state index contributed by atoms with van der Waals surface area (Å²) >= 11 is 0. The lowest BCUT2D eigenvalue weighted by molar-refractivity contribution is -0.659. The Morgan fingerprint density at radius 2 is 1.45 bits per heavy atom. The van der Waals surface area contributed by atoms with Gasteiger partial charge >= 0.3 is 0 Å². The zero-order valence-corrected chi connectivity index (χ0v) is 17.4. The number of hydrogen-bond donors (Lipinski definition) is 0. The maximum atomic E-state index is 2.45. The van der Waals surface area contributed by atoms with Crippen molar-refractivity contribution < 1.29 is 4.57 Å². The van der Waals surface area contributed by atoms with E-state index < -0.39 is 0 Å². The summed E-state index contributed by atoms with van der Waals surface area (Å²) in [7, 11) is 4.31. The smallest absolute Gasteiger partial charge is 0.213 e. The zero-order chi connectivity index (χ0) is 20.1. The minimum Gasteiger partial charge on any atom is -0.353 e. The summed E-state index contributed by atoms with van der Waals surface area (Å²) in [6.07, 6.45) is 2.49. The molecule has 1 atom stereocenters. The molecule has 0 saturated heterocycles. The Bertz CT molecular complexity index is 1230. The van der Waals surface area contributed by atoms with E-state index in [0.29, 0.717) is 0 Å². The van der Waals surface area contributed by atoms with E-state index in [1.54, 1.807) is 0 Å². The first kappa shape index (κ1) is 17.7. The molecule has 4 aromatic rings. The van der Waals surface area contributed by atoms with Crippen LogP contribution in [0.3, 0.4) is 0 Å². The highest BCUT2D eigenvalue weighted by molar-refractivity contribution is 5.88. The van der Waals surface area contributed by atoms with Crippen LogP contribution < -0.4 is 14.4 Å². The summed E-state index contributed by atoms with van der Waals surface area (Å²) in [5, 5.41) is 2.53. The summed E-state index contributed by atoms with van der Waals surface area (Å²) < 4.78 is 2.24. The Balaban J connectivity index is 1.68. The first-order valence-electron chi connectivity index (χ1n) is 10.2. The van der Waals surface area contributed by atoms with E-state index in [2.05, 4.69) is 121 Å². The third kappa shape index (κ3) is 2.69. The Morgan fingerprint density at radius 3 is 2.24 bits per heavy atom. The quantitative estimate of drug-likeness (QED) is 0.421. The first-order chi connectivity index (χ1) is 14.1. The van der Waals surface area contributed by atoms with Crippen molar-refractivity contribution in [1.29, 1.82) is 0 Å². The summed E-state index contributed by atoms with van der Waals surface area (Å²) in [6.45, 7) is 4.51. The van der Waals surface area contributed by atoms with Crippen molar-refractivity contribution in [2.45, 2.75) is 20.0 Å². The van der Waals surface area contributed by atoms with Gasteiger partial charge in [-0.2, -0.15) is 0 Å². The molecule has 3 aromatic carbocycles. The van der Waals surface area contributed by atoms with Crippen LogP contribution in [0, 0.1) is 6.92 Å². The van der Waals surface area contributed by atoms with Crippen molar-refractivity contribution in [3.05, 3.63) is 84.6 Å². The van der Waals surface area contributed by atoms with Gasteiger partial charge in [0.1, 0.15) is 13.2 Å². The van der Waals surface area contributed by atoms with Crippen LogP contribution in [0.15, 0.2) is 79.0 Å². The summed E-state index contributed by atoms with van der Waals surface area (Å²) in [5.74, 6) is 0. The van der Waals surface area contributed by atoms with Crippen LogP contribution in [0.1, 0.15) is 12.5 Å². The molecule has 0 N–H and O–H groups in total. The van der Waals surface area contributed by atoms with Gasteiger partial charge in [0.2, 0.25) is 5.69 Å². The second-order valence-corrected chi connectivity index (χ2v) is 7.95. The fourth-order valence-corrected chi connectivity index (χ4v) is 4.59. The number of para-hydroxylation sites is 2. The fraction of sp³-hybridized carbons (Fsp3) is 0.192. The van der Waals surface area contributed by atoms with E-state index >= 15 is 0 Å². The molecule has 3 heteroatoms. The van der Waals surface area contributed by atoms with Crippen molar-refractivity contribution in [1.82, 2.24) is 0 Å². The number of rotatable bonds is 2. The van der Waals surface area contributed by atoms with Gasteiger partial charge in [-0.25, -0.2) is 4.57 Å². The van der Waals surface area contributed by atoms with E-state index in [4.69, 9.17) is 0 Å². The maximum absolute atomic E-state index is 2.45. The van der Waals surface area contributed by atoms with Crippen LogP contribution in [-0.4, -0.2) is 13.2 Å². The molecular weight excluding hydrogens is 354 g/mol. The number of aromatic nitrogens is 1. The molecule has 0 saturated carbocycles. The van der Waals surface area contributed by atoms with Crippen molar-refractivity contribution >= 4 is 27.8 Å². The monoisotopic (exact) mass is 380 g/mol. The second-order valence-electron chi connectivity index (χ2n) is 7.95. The van der Waals surface area contributed by atoms with Gasteiger partial charge in [-0.3, -0.25) is 0 Å². The van der Waals surface area contributed by atoms with Gasteiger partial charge in [-0.05, 0) is 55.1 Å². The van der Waals surface area contributed by atoms with Gasteiger partial charge in [-0.1, -0.05) is 36.4 Å². The summed E-state index contributed by atoms with van der Waals surface area (Å²) in [5.41, 5.74) is 7.62. The third-order valence-electron chi connectivity index (χ3n) is 6.30. The molecule has 29 heavy (non-hydrogen) atoms. The molecule has 0 amide bonds. The Morgan fingerprint density at radius 1 is 0.793 bits per heavy atom. The molecule has 0 fully saturated rings. The van der Waals surface area contributed by atoms with Crippen molar-refractivity contribution in [2.75, 3.05) is 16.8 Å². The van der Waals surface area contributed by atoms with Crippen molar-refractivity contribution in [3.8, 4) is 11.3 Å². The molecule has 0 spiro atoms. The Hall–Kier alpha value is -3.33. The van der Waals surface area contributed by atoms with Crippen LogP contribution in [0.25, 0.3) is 22.0 Å².